The summed E-state index contributed by atoms with van der Waals surface area (Å²) in [5, 5.41) is 3.14. The van der Waals surface area contributed by atoms with Gasteiger partial charge in [0.2, 0.25) is 0 Å². The zero-order valence-corrected chi connectivity index (χ0v) is 11.7. The van der Waals surface area contributed by atoms with Crippen LogP contribution in [0.3, 0.4) is 0 Å². The van der Waals surface area contributed by atoms with E-state index in [4.69, 9.17) is 5.73 Å². The number of nitrogens with one attached hydrogen (secondary N) is 1. The summed E-state index contributed by atoms with van der Waals surface area (Å²) in [5.74, 6) is -0.232. The van der Waals surface area contributed by atoms with Crippen molar-refractivity contribution in [3.8, 4) is 0 Å². The standard InChI is InChI=1S/C11H17FIN3/c1-16(2)5-3-4-15-11-6-8(12)9(13)7-10(11)14/h6-7,15H,3-5,14H2,1-2H3. The number of benzene rings is 1. The molecule has 1 aromatic rings. The van der Waals surface area contributed by atoms with Crippen molar-refractivity contribution in [2.24, 2.45) is 0 Å². The van der Waals surface area contributed by atoms with Crippen molar-refractivity contribution in [1.29, 1.82) is 0 Å². The lowest BCUT2D eigenvalue weighted by atomic mass is 10.2. The highest BCUT2D eigenvalue weighted by Gasteiger charge is 2.05. The Morgan fingerprint density at radius 2 is 2.12 bits per heavy atom. The van der Waals surface area contributed by atoms with E-state index < -0.39 is 0 Å². The lowest BCUT2D eigenvalue weighted by Gasteiger charge is -2.12. The van der Waals surface area contributed by atoms with E-state index in [1.54, 1.807) is 6.07 Å². The maximum absolute atomic E-state index is 13.3. The number of hydrogen-bond acceptors (Lipinski definition) is 3. The smallest absolute Gasteiger partial charge is 0.138 e. The summed E-state index contributed by atoms with van der Waals surface area (Å²) in [4.78, 5) is 2.11. The number of halogens is 2. The number of rotatable bonds is 5. The lowest BCUT2D eigenvalue weighted by Crippen LogP contribution is -2.16. The molecule has 0 saturated heterocycles. The third kappa shape index (κ3) is 4.13. The molecular weight excluding hydrogens is 320 g/mol. The van der Waals surface area contributed by atoms with Gasteiger partial charge in [0.15, 0.2) is 0 Å². The molecule has 0 atom stereocenters. The van der Waals surface area contributed by atoms with E-state index in [1.807, 2.05) is 36.7 Å². The Bertz CT molecular complexity index is 355. The van der Waals surface area contributed by atoms with Crippen molar-refractivity contribution in [3.63, 3.8) is 0 Å². The van der Waals surface area contributed by atoms with Gasteiger partial charge in [0.05, 0.1) is 14.9 Å². The van der Waals surface area contributed by atoms with Crippen molar-refractivity contribution in [3.05, 3.63) is 21.5 Å². The quantitative estimate of drug-likeness (QED) is 0.492. The Balaban J connectivity index is 2.51. The van der Waals surface area contributed by atoms with Crippen LogP contribution in [-0.2, 0) is 0 Å². The lowest BCUT2D eigenvalue weighted by molar-refractivity contribution is 0.405. The average Bonchev–Trinajstić information content (AvgIpc) is 2.19. The minimum atomic E-state index is -0.232. The molecule has 0 aliphatic carbocycles. The van der Waals surface area contributed by atoms with Crippen LogP contribution < -0.4 is 11.1 Å². The van der Waals surface area contributed by atoms with Crippen molar-refractivity contribution >= 4 is 34.0 Å². The molecule has 0 aliphatic heterocycles. The fourth-order valence-electron chi connectivity index (χ4n) is 1.33. The molecule has 0 spiro atoms. The zero-order chi connectivity index (χ0) is 12.1. The molecule has 0 saturated carbocycles. The summed E-state index contributed by atoms with van der Waals surface area (Å²) in [7, 11) is 4.05. The maximum Gasteiger partial charge on any atom is 0.138 e. The molecule has 0 unspecified atom stereocenters. The largest absolute Gasteiger partial charge is 0.397 e. The van der Waals surface area contributed by atoms with Gasteiger partial charge in [-0.25, -0.2) is 4.39 Å². The first-order chi connectivity index (χ1) is 7.50. The number of nitrogens with zero attached hydrogens (tertiary/aromatic N) is 1. The van der Waals surface area contributed by atoms with Gasteiger partial charge in [0, 0.05) is 12.6 Å². The normalized spacial score (nSPS) is 10.8. The highest BCUT2D eigenvalue weighted by molar-refractivity contribution is 14.1. The van der Waals surface area contributed by atoms with Crippen LogP contribution in [0.1, 0.15) is 6.42 Å². The van der Waals surface area contributed by atoms with Crippen LogP contribution in [0.4, 0.5) is 15.8 Å². The van der Waals surface area contributed by atoms with E-state index in [0.717, 1.165) is 19.5 Å². The highest BCUT2D eigenvalue weighted by atomic mass is 127. The number of nitrogens with two attached hydrogens (primary N) is 1. The molecule has 0 bridgehead atoms. The van der Waals surface area contributed by atoms with Crippen molar-refractivity contribution in [2.45, 2.75) is 6.42 Å². The van der Waals surface area contributed by atoms with Gasteiger partial charge in [-0.1, -0.05) is 0 Å². The first-order valence-corrected chi connectivity index (χ1v) is 6.21. The van der Waals surface area contributed by atoms with Crippen molar-refractivity contribution in [2.75, 3.05) is 38.2 Å². The summed E-state index contributed by atoms with van der Waals surface area (Å²) in [6.07, 6.45) is 1.00. The Morgan fingerprint density at radius 3 is 2.75 bits per heavy atom. The summed E-state index contributed by atoms with van der Waals surface area (Å²) in [5.41, 5.74) is 7.06. The summed E-state index contributed by atoms with van der Waals surface area (Å²) < 4.78 is 13.8. The number of nitrogen functional groups attached to an aromatic ring is 1. The Labute approximate surface area is 109 Å². The van der Waals surface area contributed by atoms with Crippen LogP contribution in [0.5, 0.6) is 0 Å². The molecule has 0 aliphatic rings. The summed E-state index contributed by atoms with van der Waals surface area (Å²) in [6, 6.07) is 3.09. The molecule has 3 nitrogen and oxygen atoms in total. The summed E-state index contributed by atoms with van der Waals surface area (Å²) in [6.45, 7) is 1.79. The first kappa shape index (κ1) is 13.5. The van der Waals surface area contributed by atoms with Crippen LogP contribution >= 0.6 is 22.6 Å². The van der Waals surface area contributed by atoms with Crippen LogP contribution in [0, 0.1) is 9.39 Å². The first-order valence-electron chi connectivity index (χ1n) is 5.14. The van der Waals surface area contributed by atoms with E-state index in [1.165, 1.54) is 6.07 Å². The predicted molar refractivity (Wildman–Crippen MR) is 75.2 cm³/mol. The fourth-order valence-corrected chi connectivity index (χ4v) is 1.82. The van der Waals surface area contributed by atoms with Crippen molar-refractivity contribution < 1.29 is 4.39 Å². The minimum Gasteiger partial charge on any atom is -0.397 e. The molecule has 1 aromatic carbocycles. The Morgan fingerprint density at radius 1 is 1.44 bits per heavy atom. The maximum atomic E-state index is 13.3. The van der Waals surface area contributed by atoms with Crippen LogP contribution in [0.2, 0.25) is 0 Å². The Hall–Kier alpha value is -0.560. The van der Waals surface area contributed by atoms with Gasteiger partial charge in [0.1, 0.15) is 5.82 Å². The van der Waals surface area contributed by atoms with E-state index in [0.29, 0.717) is 14.9 Å². The van der Waals surface area contributed by atoms with Crippen LogP contribution in [0.25, 0.3) is 0 Å². The van der Waals surface area contributed by atoms with E-state index in [2.05, 4.69) is 10.2 Å². The third-order valence-electron chi connectivity index (χ3n) is 2.19. The van der Waals surface area contributed by atoms with Gasteiger partial charge in [0.25, 0.3) is 0 Å². The van der Waals surface area contributed by atoms with Crippen molar-refractivity contribution in [1.82, 2.24) is 4.90 Å². The van der Waals surface area contributed by atoms with Gasteiger partial charge < -0.3 is 16.0 Å². The van der Waals surface area contributed by atoms with E-state index >= 15 is 0 Å². The highest BCUT2D eigenvalue weighted by Crippen LogP contribution is 2.23. The molecule has 0 heterocycles. The van der Waals surface area contributed by atoms with Gasteiger partial charge >= 0.3 is 0 Å². The summed E-state index contributed by atoms with van der Waals surface area (Å²) >= 11 is 1.93. The van der Waals surface area contributed by atoms with Gasteiger partial charge in [-0.2, -0.15) is 0 Å². The molecule has 90 valence electrons. The molecular formula is C11H17FIN3. The second kappa shape index (κ2) is 6.24. The number of anilines is 2. The number of hydrogen-bond donors (Lipinski definition) is 2. The molecule has 0 aromatic heterocycles. The SMILES string of the molecule is CN(C)CCCNc1cc(F)c(I)cc1N. The van der Waals surface area contributed by atoms with Gasteiger partial charge in [-0.3, -0.25) is 0 Å². The molecule has 0 fully saturated rings. The zero-order valence-electron chi connectivity index (χ0n) is 9.56. The molecule has 0 amide bonds. The minimum absolute atomic E-state index is 0.232. The monoisotopic (exact) mass is 337 g/mol. The topological polar surface area (TPSA) is 41.3 Å². The molecule has 3 N–H and O–H groups in total. The predicted octanol–water partition coefficient (Wildman–Crippen LogP) is 2.38. The molecule has 0 radical (unpaired) electrons. The third-order valence-corrected chi connectivity index (χ3v) is 3.02. The second-order valence-electron chi connectivity index (χ2n) is 3.94. The van der Waals surface area contributed by atoms with Gasteiger partial charge in [-0.15, -0.1) is 0 Å². The molecule has 1 rings (SSSR count). The molecule has 16 heavy (non-hydrogen) atoms. The Kier molecular flexibility index (Phi) is 5.27. The second-order valence-corrected chi connectivity index (χ2v) is 5.10. The van der Waals surface area contributed by atoms with E-state index in [9.17, 15) is 4.39 Å². The van der Waals surface area contributed by atoms with E-state index in [-0.39, 0.29) is 5.82 Å². The fraction of sp³-hybridized carbons (Fsp3) is 0.455. The van der Waals surface area contributed by atoms with Crippen LogP contribution in [-0.4, -0.2) is 32.1 Å². The van der Waals surface area contributed by atoms with Crippen LogP contribution in [0.15, 0.2) is 12.1 Å². The molecule has 5 heteroatoms. The average molecular weight is 337 g/mol. The van der Waals surface area contributed by atoms with Gasteiger partial charge in [-0.05, 0) is 55.7 Å².